The largest absolute Gasteiger partial charge is 0.497 e. The van der Waals surface area contributed by atoms with Crippen LogP contribution in [0.25, 0.3) is 0 Å². The number of hydrogen-bond acceptors (Lipinski definition) is 6. The van der Waals surface area contributed by atoms with Gasteiger partial charge in [-0.05, 0) is 43.3 Å². The van der Waals surface area contributed by atoms with Crippen LogP contribution in [0.15, 0.2) is 53.4 Å². The molecule has 8 nitrogen and oxygen atoms in total. The molecule has 0 spiro atoms. The Bertz CT molecular complexity index is 954. The lowest BCUT2D eigenvalue weighted by Gasteiger charge is -2.34. The summed E-state index contributed by atoms with van der Waals surface area (Å²) >= 11 is 0. The molecule has 9 heteroatoms. The Kier molecular flexibility index (Phi) is 7.89. The molecule has 1 aliphatic rings. The van der Waals surface area contributed by atoms with Crippen molar-refractivity contribution in [1.82, 2.24) is 14.5 Å². The second kappa shape index (κ2) is 10.6. The van der Waals surface area contributed by atoms with Crippen LogP contribution >= 0.6 is 0 Å². The van der Waals surface area contributed by atoms with Crippen LogP contribution in [0.2, 0.25) is 0 Å². The Morgan fingerprint density at radius 1 is 0.968 bits per heavy atom. The lowest BCUT2D eigenvalue weighted by atomic mass is 10.2. The van der Waals surface area contributed by atoms with E-state index in [4.69, 9.17) is 9.47 Å². The lowest BCUT2D eigenvalue weighted by molar-refractivity contribution is -0.123. The standard InChI is InChI=1S/C22H29N3O5S/c1-18-3-9-21(10-4-18)31(27,28)25-15-13-24(14-16-25)12-11-23-22(26)17-30-20-7-5-19(29-2)6-8-20/h3-10H,11-17H2,1-2H3,(H,23,26). The van der Waals surface area contributed by atoms with Gasteiger partial charge in [-0.3, -0.25) is 9.69 Å². The zero-order valence-electron chi connectivity index (χ0n) is 17.9. The molecule has 1 heterocycles. The molecule has 0 aromatic heterocycles. The number of rotatable bonds is 9. The van der Waals surface area contributed by atoms with Gasteiger partial charge in [-0.1, -0.05) is 17.7 Å². The Morgan fingerprint density at radius 3 is 2.19 bits per heavy atom. The number of sulfonamides is 1. The molecule has 0 bridgehead atoms. The molecule has 2 aromatic rings. The molecule has 168 valence electrons. The predicted molar refractivity (Wildman–Crippen MR) is 118 cm³/mol. The quantitative estimate of drug-likeness (QED) is 0.627. The topological polar surface area (TPSA) is 88.2 Å². The number of carbonyl (C=O) groups is 1. The number of ether oxygens (including phenoxy) is 2. The summed E-state index contributed by atoms with van der Waals surface area (Å²) in [6, 6.07) is 14.0. The zero-order chi connectivity index (χ0) is 22.3. The highest BCUT2D eigenvalue weighted by atomic mass is 32.2. The fourth-order valence-corrected chi connectivity index (χ4v) is 4.70. The minimum atomic E-state index is -3.46. The Balaban J connectivity index is 1.36. The van der Waals surface area contributed by atoms with Crippen LogP contribution in [0.1, 0.15) is 5.56 Å². The van der Waals surface area contributed by atoms with Gasteiger partial charge in [0.15, 0.2) is 6.61 Å². The summed E-state index contributed by atoms with van der Waals surface area (Å²) in [7, 11) is -1.87. The highest BCUT2D eigenvalue weighted by molar-refractivity contribution is 7.89. The predicted octanol–water partition coefficient (Wildman–Crippen LogP) is 1.51. The summed E-state index contributed by atoms with van der Waals surface area (Å²) in [5, 5.41) is 2.83. The number of nitrogens with zero attached hydrogens (tertiary/aromatic N) is 2. The summed E-state index contributed by atoms with van der Waals surface area (Å²) in [6.45, 7) is 5.14. The first-order chi connectivity index (χ1) is 14.9. The van der Waals surface area contributed by atoms with Gasteiger partial charge in [-0.2, -0.15) is 4.31 Å². The Labute approximate surface area is 183 Å². The third-order valence-electron chi connectivity index (χ3n) is 5.17. The van der Waals surface area contributed by atoms with Crippen molar-refractivity contribution in [3.8, 4) is 11.5 Å². The molecule has 3 rings (SSSR count). The zero-order valence-corrected chi connectivity index (χ0v) is 18.7. The van der Waals surface area contributed by atoms with Gasteiger partial charge in [-0.15, -0.1) is 0 Å². The molecule has 0 atom stereocenters. The van der Waals surface area contributed by atoms with Gasteiger partial charge in [0.25, 0.3) is 5.91 Å². The lowest BCUT2D eigenvalue weighted by Crippen LogP contribution is -2.50. The highest BCUT2D eigenvalue weighted by Gasteiger charge is 2.28. The Morgan fingerprint density at radius 2 is 1.58 bits per heavy atom. The van der Waals surface area contributed by atoms with E-state index in [1.165, 1.54) is 4.31 Å². The van der Waals surface area contributed by atoms with Crippen molar-refractivity contribution >= 4 is 15.9 Å². The maximum Gasteiger partial charge on any atom is 0.257 e. The molecule has 1 amide bonds. The maximum atomic E-state index is 12.8. The molecule has 2 aromatic carbocycles. The van der Waals surface area contributed by atoms with E-state index in [-0.39, 0.29) is 12.5 Å². The number of aryl methyl sites for hydroxylation is 1. The minimum absolute atomic E-state index is 0.0606. The van der Waals surface area contributed by atoms with Crippen LogP contribution in [0, 0.1) is 6.92 Å². The van der Waals surface area contributed by atoms with Gasteiger partial charge in [0.1, 0.15) is 11.5 Å². The smallest absolute Gasteiger partial charge is 0.257 e. The minimum Gasteiger partial charge on any atom is -0.497 e. The van der Waals surface area contributed by atoms with E-state index < -0.39 is 10.0 Å². The number of amides is 1. The molecular formula is C22H29N3O5S. The number of hydrogen-bond donors (Lipinski definition) is 1. The van der Waals surface area contributed by atoms with E-state index in [1.54, 1.807) is 43.5 Å². The fourth-order valence-electron chi connectivity index (χ4n) is 3.28. The molecular weight excluding hydrogens is 418 g/mol. The first-order valence-corrected chi connectivity index (χ1v) is 11.7. The molecule has 0 aliphatic carbocycles. The summed E-state index contributed by atoms with van der Waals surface area (Å²) in [6.07, 6.45) is 0. The van der Waals surface area contributed by atoms with Crippen LogP contribution in [0.5, 0.6) is 11.5 Å². The second-order valence-electron chi connectivity index (χ2n) is 7.37. The molecule has 1 N–H and O–H groups in total. The molecule has 0 saturated carbocycles. The van der Waals surface area contributed by atoms with E-state index in [0.717, 1.165) is 11.3 Å². The van der Waals surface area contributed by atoms with Crippen LogP contribution in [-0.2, 0) is 14.8 Å². The van der Waals surface area contributed by atoms with Gasteiger partial charge in [0.2, 0.25) is 10.0 Å². The maximum absolute atomic E-state index is 12.8. The summed E-state index contributed by atoms with van der Waals surface area (Å²) in [5.74, 6) is 1.13. The molecule has 1 aliphatic heterocycles. The van der Waals surface area contributed by atoms with Crippen molar-refractivity contribution in [3.63, 3.8) is 0 Å². The van der Waals surface area contributed by atoms with E-state index in [1.807, 2.05) is 19.1 Å². The summed E-state index contributed by atoms with van der Waals surface area (Å²) in [5.41, 5.74) is 1.03. The van der Waals surface area contributed by atoms with Crippen LogP contribution < -0.4 is 14.8 Å². The summed E-state index contributed by atoms with van der Waals surface area (Å²) < 4.78 is 37.6. The van der Waals surface area contributed by atoms with Crippen molar-refractivity contribution in [3.05, 3.63) is 54.1 Å². The average molecular weight is 448 g/mol. The van der Waals surface area contributed by atoms with Gasteiger partial charge in [0, 0.05) is 39.3 Å². The number of carbonyl (C=O) groups excluding carboxylic acids is 1. The van der Waals surface area contributed by atoms with Crippen molar-refractivity contribution in [2.75, 3.05) is 53.0 Å². The number of nitrogens with one attached hydrogen (secondary N) is 1. The number of benzene rings is 2. The van der Waals surface area contributed by atoms with Crippen molar-refractivity contribution < 1.29 is 22.7 Å². The third kappa shape index (κ3) is 6.43. The molecule has 0 unspecified atom stereocenters. The van der Waals surface area contributed by atoms with E-state index in [0.29, 0.717) is 49.9 Å². The van der Waals surface area contributed by atoms with Gasteiger partial charge >= 0.3 is 0 Å². The number of piperazine rings is 1. The molecule has 1 fully saturated rings. The molecule has 31 heavy (non-hydrogen) atoms. The van der Waals surface area contributed by atoms with Crippen molar-refractivity contribution in [2.24, 2.45) is 0 Å². The summed E-state index contributed by atoms with van der Waals surface area (Å²) in [4.78, 5) is 14.5. The van der Waals surface area contributed by atoms with Crippen molar-refractivity contribution in [1.29, 1.82) is 0 Å². The van der Waals surface area contributed by atoms with Gasteiger partial charge in [-0.25, -0.2) is 8.42 Å². The van der Waals surface area contributed by atoms with Gasteiger partial charge in [0.05, 0.1) is 12.0 Å². The molecule has 0 radical (unpaired) electrons. The first kappa shape index (κ1) is 23.1. The Hall–Kier alpha value is -2.62. The second-order valence-corrected chi connectivity index (χ2v) is 9.31. The van der Waals surface area contributed by atoms with Crippen molar-refractivity contribution in [2.45, 2.75) is 11.8 Å². The highest BCUT2D eigenvalue weighted by Crippen LogP contribution is 2.18. The third-order valence-corrected chi connectivity index (χ3v) is 7.08. The van der Waals surface area contributed by atoms with Crippen LogP contribution in [0.4, 0.5) is 0 Å². The number of methoxy groups -OCH3 is 1. The van der Waals surface area contributed by atoms with E-state index in [9.17, 15) is 13.2 Å². The first-order valence-electron chi connectivity index (χ1n) is 10.2. The fraction of sp³-hybridized carbons (Fsp3) is 0.409. The van der Waals surface area contributed by atoms with E-state index >= 15 is 0 Å². The van der Waals surface area contributed by atoms with E-state index in [2.05, 4.69) is 10.2 Å². The monoisotopic (exact) mass is 447 g/mol. The van der Waals surface area contributed by atoms with Crippen LogP contribution in [0.3, 0.4) is 0 Å². The van der Waals surface area contributed by atoms with Crippen LogP contribution in [-0.4, -0.2) is 76.5 Å². The SMILES string of the molecule is COc1ccc(OCC(=O)NCCN2CCN(S(=O)(=O)c3ccc(C)cc3)CC2)cc1. The normalized spacial score (nSPS) is 15.4. The van der Waals surface area contributed by atoms with Gasteiger partial charge < -0.3 is 14.8 Å². The molecule has 1 saturated heterocycles. The average Bonchev–Trinajstić information content (AvgIpc) is 2.78.